The van der Waals surface area contributed by atoms with Gasteiger partial charge in [-0.25, -0.2) is 18.4 Å². The van der Waals surface area contributed by atoms with Crippen LogP contribution in [0.25, 0.3) is 0 Å². The third-order valence-corrected chi connectivity index (χ3v) is 7.27. The number of hydrogen-bond donors (Lipinski definition) is 2. The third kappa shape index (κ3) is 3.33. The predicted molar refractivity (Wildman–Crippen MR) is 118 cm³/mol. The molecule has 0 bridgehead atoms. The van der Waals surface area contributed by atoms with Gasteiger partial charge in [-0.3, -0.25) is 5.10 Å². The third-order valence-electron chi connectivity index (χ3n) is 5.33. The quantitative estimate of drug-likeness (QED) is 0.494. The van der Waals surface area contributed by atoms with Gasteiger partial charge in [0.2, 0.25) is 0 Å². The molecule has 2 aliphatic rings. The number of fused-ring (bicyclic) bond motifs is 2. The van der Waals surface area contributed by atoms with Gasteiger partial charge in [0.05, 0.1) is 28.6 Å². The molecule has 5 rings (SSSR count). The van der Waals surface area contributed by atoms with E-state index in [1.165, 1.54) is 0 Å². The first-order chi connectivity index (χ1) is 14.4. The number of benzene rings is 1. The summed E-state index contributed by atoms with van der Waals surface area (Å²) in [6.45, 7) is 2.76. The molecular weight excluding hydrogens is 424 g/mol. The summed E-state index contributed by atoms with van der Waals surface area (Å²) >= 11 is 6.49. The van der Waals surface area contributed by atoms with E-state index in [4.69, 9.17) is 16.6 Å². The van der Waals surface area contributed by atoms with E-state index in [0.29, 0.717) is 41.1 Å². The van der Waals surface area contributed by atoms with E-state index in [1.54, 1.807) is 6.20 Å². The highest BCUT2D eigenvalue weighted by Gasteiger charge is 2.26. The highest BCUT2D eigenvalue weighted by atomic mass is 35.5. The summed E-state index contributed by atoms with van der Waals surface area (Å²) in [5.41, 5.74) is 4.64. The normalized spacial score (nSPS) is 17.4. The van der Waals surface area contributed by atoms with Gasteiger partial charge in [-0.1, -0.05) is 29.8 Å². The Labute approximate surface area is 178 Å². The van der Waals surface area contributed by atoms with Gasteiger partial charge >= 0.3 is 0 Å². The molecule has 3 aromatic rings. The van der Waals surface area contributed by atoms with E-state index in [9.17, 15) is 8.42 Å². The number of rotatable bonds is 2. The molecule has 4 heterocycles. The van der Waals surface area contributed by atoms with Crippen LogP contribution in [-0.4, -0.2) is 53.9 Å². The summed E-state index contributed by atoms with van der Waals surface area (Å²) in [7, 11) is -2.97. The van der Waals surface area contributed by atoms with Crippen molar-refractivity contribution in [1.29, 1.82) is 0 Å². The van der Waals surface area contributed by atoms with Crippen LogP contribution in [0, 0.1) is 6.92 Å². The lowest BCUT2D eigenvalue weighted by atomic mass is 10.0. The van der Waals surface area contributed by atoms with Gasteiger partial charge in [0.15, 0.2) is 15.7 Å². The van der Waals surface area contributed by atoms with Gasteiger partial charge in [-0.2, -0.15) is 5.10 Å². The molecule has 1 aromatic carbocycles. The van der Waals surface area contributed by atoms with E-state index in [2.05, 4.69) is 20.5 Å². The van der Waals surface area contributed by atoms with Crippen LogP contribution in [0.15, 0.2) is 41.5 Å². The summed E-state index contributed by atoms with van der Waals surface area (Å²) in [5.74, 6) is 1.60. The van der Waals surface area contributed by atoms with Gasteiger partial charge in [-0.15, -0.1) is 0 Å². The topological polar surface area (TPSA) is 103 Å². The molecule has 154 valence electrons. The number of anilines is 3. The Kier molecular flexibility index (Phi) is 4.52. The maximum absolute atomic E-state index is 11.8. The van der Waals surface area contributed by atoms with Gasteiger partial charge in [0.25, 0.3) is 0 Å². The SMILES string of the molecule is Cc1[nH]nc2c1N=C(c1ccccc1Cl)c1cnc(N3CCS(=O)(=O)CC3)cc1N2. The number of sulfone groups is 1. The van der Waals surface area contributed by atoms with Crippen molar-refractivity contribution in [2.45, 2.75) is 6.92 Å². The van der Waals surface area contributed by atoms with E-state index < -0.39 is 9.84 Å². The van der Waals surface area contributed by atoms with Crippen LogP contribution >= 0.6 is 11.6 Å². The minimum absolute atomic E-state index is 0.133. The summed E-state index contributed by atoms with van der Waals surface area (Å²) < 4.78 is 23.6. The van der Waals surface area contributed by atoms with Crippen molar-refractivity contribution in [1.82, 2.24) is 15.2 Å². The zero-order valence-corrected chi connectivity index (χ0v) is 17.8. The molecule has 0 spiro atoms. The number of nitrogens with one attached hydrogen (secondary N) is 2. The minimum atomic E-state index is -2.97. The van der Waals surface area contributed by atoms with Crippen LogP contribution in [0.4, 0.5) is 23.0 Å². The van der Waals surface area contributed by atoms with Crippen molar-refractivity contribution >= 4 is 50.2 Å². The fourth-order valence-corrected chi connectivity index (χ4v) is 5.08. The van der Waals surface area contributed by atoms with E-state index in [-0.39, 0.29) is 11.5 Å². The maximum atomic E-state index is 11.8. The Morgan fingerprint density at radius 3 is 2.67 bits per heavy atom. The number of aryl methyl sites for hydroxylation is 1. The number of aromatic amines is 1. The monoisotopic (exact) mass is 442 g/mol. The standard InChI is InChI=1S/C20H19ClN6O2S/c1-12-18-20(26-25-12)23-16-10-17(27-6-8-30(28,29)9-7-27)22-11-14(16)19(24-18)13-4-2-3-5-15(13)21/h2-5,10-11H,6-9H2,1H3,(H2,23,25,26). The molecule has 8 nitrogen and oxygen atoms in total. The molecule has 30 heavy (non-hydrogen) atoms. The van der Waals surface area contributed by atoms with Crippen LogP contribution in [0.1, 0.15) is 16.8 Å². The van der Waals surface area contributed by atoms with Gasteiger partial charge in [0.1, 0.15) is 11.5 Å². The smallest absolute Gasteiger partial charge is 0.178 e. The lowest BCUT2D eigenvalue weighted by molar-refractivity contribution is 0.586. The largest absolute Gasteiger partial charge is 0.355 e. The van der Waals surface area contributed by atoms with Crippen molar-refractivity contribution in [3.63, 3.8) is 0 Å². The average molecular weight is 443 g/mol. The molecule has 0 amide bonds. The molecule has 0 saturated carbocycles. The van der Waals surface area contributed by atoms with Crippen LogP contribution in [0.2, 0.25) is 5.02 Å². The van der Waals surface area contributed by atoms with Crippen LogP contribution < -0.4 is 10.2 Å². The Bertz CT molecular complexity index is 1270. The minimum Gasteiger partial charge on any atom is -0.355 e. The van der Waals surface area contributed by atoms with Gasteiger partial charge in [-0.05, 0) is 13.0 Å². The molecular formula is C20H19ClN6O2S. The number of hydrogen-bond acceptors (Lipinski definition) is 7. The Morgan fingerprint density at radius 2 is 1.90 bits per heavy atom. The average Bonchev–Trinajstić information content (AvgIpc) is 2.97. The van der Waals surface area contributed by atoms with Crippen molar-refractivity contribution in [2.24, 2.45) is 4.99 Å². The van der Waals surface area contributed by atoms with Gasteiger partial charge < -0.3 is 10.2 Å². The van der Waals surface area contributed by atoms with E-state index in [1.807, 2.05) is 42.2 Å². The van der Waals surface area contributed by atoms with E-state index >= 15 is 0 Å². The summed E-state index contributed by atoms with van der Waals surface area (Å²) in [6.07, 6.45) is 1.76. The molecule has 10 heteroatoms. The van der Waals surface area contributed by atoms with Crippen molar-refractivity contribution in [3.05, 3.63) is 58.4 Å². The summed E-state index contributed by atoms with van der Waals surface area (Å²) in [6, 6.07) is 9.47. The Hall–Kier alpha value is -2.91. The molecule has 2 N–H and O–H groups in total. The number of nitrogens with zero attached hydrogens (tertiary/aromatic N) is 4. The fourth-order valence-electron chi connectivity index (χ4n) is 3.66. The first-order valence-electron chi connectivity index (χ1n) is 9.53. The number of aliphatic imine (C=N–C) groups is 1. The summed E-state index contributed by atoms with van der Waals surface area (Å²) in [5, 5.41) is 11.3. The molecule has 2 aromatic heterocycles. The van der Waals surface area contributed by atoms with Crippen LogP contribution in [0.3, 0.4) is 0 Å². The predicted octanol–water partition coefficient (Wildman–Crippen LogP) is 3.23. The Morgan fingerprint density at radius 1 is 1.13 bits per heavy atom. The first kappa shape index (κ1) is 19.1. The second-order valence-corrected chi connectivity index (χ2v) is 10.0. The zero-order valence-electron chi connectivity index (χ0n) is 16.2. The van der Waals surface area contributed by atoms with Crippen molar-refractivity contribution in [2.75, 3.05) is 34.8 Å². The molecule has 0 radical (unpaired) electrons. The first-order valence-corrected chi connectivity index (χ1v) is 11.7. The van der Waals surface area contributed by atoms with Gasteiger partial charge in [0, 0.05) is 41.5 Å². The molecule has 0 aliphatic carbocycles. The number of pyridine rings is 1. The maximum Gasteiger partial charge on any atom is 0.178 e. The lowest BCUT2D eigenvalue weighted by Crippen LogP contribution is -2.40. The highest BCUT2D eigenvalue weighted by Crippen LogP contribution is 2.38. The molecule has 1 saturated heterocycles. The second kappa shape index (κ2) is 7.10. The lowest BCUT2D eigenvalue weighted by Gasteiger charge is -2.28. The van der Waals surface area contributed by atoms with Crippen molar-refractivity contribution in [3.8, 4) is 0 Å². The molecule has 2 aliphatic heterocycles. The summed E-state index contributed by atoms with van der Waals surface area (Å²) in [4.78, 5) is 11.5. The fraction of sp³-hybridized carbons (Fsp3) is 0.250. The van der Waals surface area contributed by atoms with E-state index in [0.717, 1.165) is 22.5 Å². The van der Waals surface area contributed by atoms with Crippen LogP contribution in [-0.2, 0) is 9.84 Å². The second-order valence-electron chi connectivity index (χ2n) is 7.34. The van der Waals surface area contributed by atoms with Crippen molar-refractivity contribution < 1.29 is 8.42 Å². The molecule has 0 unspecified atom stereocenters. The number of H-pyrrole nitrogens is 1. The molecule has 0 atom stereocenters. The molecule has 1 fully saturated rings. The Balaban J connectivity index is 1.63. The van der Waals surface area contributed by atoms with Crippen LogP contribution in [0.5, 0.6) is 0 Å². The number of halogens is 1. The number of aromatic nitrogens is 3. The highest BCUT2D eigenvalue weighted by molar-refractivity contribution is 7.91. The zero-order chi connectivity index (χ0) is 20.9.